The number of carbonyl (C=O) groups excluding carboxylic acids is 1. The second-order valence-electron chi connectivity index (χ2n) is 7.97. The Balaban J connectivity index is 1.36. The third-order valence-electron chi connectivity index (χ3n) is 5.90. The lowest BCUT2D eigenvalue weighted by atomic mass is 10.1. The highest BCUT2D eigenvalue weighted by Gasteiger charge is 2.33. The maximum Gasteiger partial charge on any atom is 0.242 e. The van der Waals surface area contributed by atoms with E-state index in [1.54, 1.807) is 0 Å². The van der Waals surface area contributed by atoms with Crippen LogP contribution in [0.3, 0.4) is 0 Å². The fourth-order valence-electron chi connectivity index (χ4n) is 4.13. The summed E-state index contributed by atoms with van der Waals surface area (Å²) in [6, 6.07) is 9.89. The lowest BCUT2D eigenvalue weighted by Gasteiger charge is -2.21. The number of benzene rings is 1. The molecule has 0 spiro atoms. The molecule has 1 saturated carbocycles. The van der Waals surface area contributed by atoms with E-state index in [4.69, 9.17) is 0 Å². The highest BCUT2D eigenvalue weighted by atomic mass is 16.3. The van der Waals surface area contributed by atoms with Gasteiger partial charge in [0.15, 0.2) is 0 Å². The van der Waals surface area contributed by atoms with Crippen LogP contribution in [0.5, 0.6) is 0 Å². The Bertz CT molecular complexity index is 1030. The van der Waals surface area contributed by atoms with E-state index in [1.807, 2.05) is 51.4 Å². The van der Waals surface area contributed by atoms with Crippen molar-refractivity contribution in [2.75, 3.05) is 6.54 Å². The van der Waals surface area contributed by atoms with Gasteiger partial charge in [-0.2, -0.15) is 5.10 Å². The Hall–Kier alpha value is -2.67. The monoisotopic (exact) mass is 379 g/mol. The van der Waals surface area contributed by atoms with Gasteiger partial charge in [0.1, 0.15) is 18.5 Å². The number of aromatic nitrogens is 4. The normalized spacial score (nSPS) is 18.1. The van der Waals surface area contributed by atoms with E-state index in [0.29, 0.717) is 19.0 Å². The zero-order valence-corrected chi connectivity index (χ0v) is 16.1. The minimum absolute atomic E-state index is 0.0881. The van der Waals surface area contributed by atoms with Crippen LogP contribution in [0.1, 0.15) is 42.6 Å². The molecule has 2 aromatic heterocycles. The van der Waals surface area contributed by atoms with Crippen LogP contribution < -0.4 is 0 Å². The molecule has 3 heterocycles. The Morgan fingerprint density at radius 1 is 1.29 bits per heavy atom. The van der Waals surface area contributed by atoms with Crippen molar-refractivity contribution in [1.29, 1.82) is 0 Å². The van der Waals surface area contributed by atoms with Gasteiger partial charge in [0.2, 0.25) is 5.91 Å². The zero-order chi connectivity index (χ0) is 19.3. The van der Waals surface area contributed by atoms with E-state index >= 15 is 0 Å². The first kappa shape index (κ1) is 17.4. The summed E-state index contributed by atoms with van der Waals surface area (Å²) < 4.78 is 3.95. The number of amides is 1. The van der Waals surface area contributed by atoms with Crippen molar-refractivity contribution in [2.45, 2.75) is 51.9 Å². The molecular formula is C21H25N5O2. The maximum atomic E-state index is 13.1. The molecule has 0 radical (unpaired) electrons. The van der Waals surface area contributed by atoms with Crippen LogP contribution in [0.25, 0.3) is 11.0 Å². The van der Waals surface area contributed by atoms with E-state index in [2.05, 4.69) is 10.1 Å². The van der Waals surface area contributed by atoms with Gasteiger partial charge in [-0.1, -0.05) is 12.1 Å². The Morgan fingerprint density at radius 2 is 2.11 bits per heavy atom. The van der Waals surface area contributed by atoms with E-state index in [-0.39, 0.29) is 12.5 Å². The van der Waals surface area contributed by atoms with E-state index in [0.717, 1.165) is 54.1 Å². The molecule has 1 aliphatic heterocycles. The number of imidazole rings is 1. The largest absolute Gasteiger partial charge is 0.386 e. The predicted molar refractivity (Wildman–Crippen MR) is 104 cm³/mol. The summed E-state index contributed by atoms with van der Waals surface area (Å²) in [5.41, 5.74) is 3.67. The van der Waals surface area contributed by atoms with Crippen molar-refractivity contribution < 1.29 is 9.90 Å². The van der Waals surface area contributed by atoms with Crippen LogP contribution in [0, 0.1) is 12.8 Å². The van der Waals surface area contributed by atoms with Crippen LogP contribution in [0.15, 0.2) is 30.3 Å². The first-order valence-electron chi connectivity index (χ1n) is 10.0. The minimum Gasteiger partial charge on any atom is -0.386 e. The minimum atomic E-state index is -0.469. The van der Waals surface area contributed by atoms with Crippen molar-refractivity contribution in [2.24, 2.45) is 5.92 Å². The molecule has 0 unspecified atom stereocenters. The molecule has 1 fully saturated rings. The number of hydrogen-bond donors (Lipinski definition) is 1. The number of para-hydroxylation sites is 2. The van der Waals surface area contributed by atoms with Crippen LogP contribution >= 0.6 is 0 Å². The van der Waals surface area contributed by atoms with Gasteiger partial charge < -0.3 is 14.6 Å². The molecule has 3 aromatic rings. The molecule has 5 rings (SSSR count). The van der Waals surface area contributed by atoms with Gasteiger partial charge in [0, 0.05) is 13.1 Å². The summed E-state index contributed by atoms with van der Waals surface area (Å²) >= 11 is 0. The molecular weight excluding hydrogens is 354 g/mol. The Morgan fingerprint density at radius 3 is 2.93 bits per heavy atom. The third kappa shape index (κ3) is 3.09. The zero-order valence-electron chi connectivity index (χ0n) is 16.1. The van der Waals surface area contributed by atoms with Gasteiger partial charge in [-0.05, 0) is 50.3 Å². The average molecular weight is 379 g/mol. The number of rotatable bonds is 4. The molecule has 28 heavy (non-hydrogen) atoms. The van der Waals surface area contributed by atoms with Gasteiger partial charge in [-0.25, -0.2) is 4.98 Å². The number of nitrogens with zero attached hydrogens (tertiary/aromatic N) is 5. The fraction of sp³-hybridized carbons (Fsp3) is 0.476. The molecule has 1 atom stereocenters. The molecule has 0 saturated heterocycles. The van der Waals surface area contributed by atoms with Gasteiger partial charge in [-0.3, -0.25) is 9.48 Å². The molecule has 146 valence electrons. The second-order valence-corrected chi connectivity index (χ2v) is 7.97. The molecule has 1 N–H and O–H groups in total. The highest BCUT2D eigenvalue weighted by Crippen LogP contribution is 2.40. The van der Waals surface area contributed by atoms with Crippen molar-refractivity contribution in [3.8, 4) is 0 Å². The summed E-state index contributed by atoms with van der Waals surface area (Å²) in [4.78, 5) is 19.5. The lowest BCUT2D eigenvalue weighted by molar-refractivity contribution is -0.132. The van der Waals surface area contributed by atoms with Gasteiger partial charge in [-0.15, -0.1) is 0 Å². The molecule has 1 aromatic carbocycles. The van der Waals surface area contributed by atoms with Gasteiger partial charge >= 0.3 is 0 Å². The van der Waals surface area contributed by atoms with Crippen LogP contribution in [-0.2, 0) is 24.4 Å². The van der Waals surface area contributed by atoms with Crippen LogP contribution in [0.4, 0.5) is 0 Å². The summed E-state index contributed by atoms with van der Waals surface area (Å²) in [7, 11) is 0. The first-order valence-corrected chi connectivity index (χ1v) is 10.0. The van der Waals surface area contributed by atoms with Crippen LogP contribution in [-0.4, -0.2) is 41.8 Å². The summed E-state index contributed by atoms with van der Waals surface area (Å²) in [5.74, 6) is 1.30. The topological polar surface area (TPSA) is 76.2 Å². The number of hydrogen-bond acceptors (Lipinski definition) is 4. The predicted octanol–water partition coefficient (Wildman–Crippen LogP) is 2.42. The summed E-state index contributed by atoms with van der Waals surface area (Å²) in [6.07, 6.45) is 2.55. The van der Waals surface area contributed by atoms with Crippen molar-refractivity contribution >= 4 is 16.9 Å². The van der Waals surface area contributed by atoms with Gasteiger partial charge in [0.25, 0.3) is 0 Å². The van der Waals surface area contributed by atoms with E-state index in [9.17, 15) is 9.90 Å². The fourth-order valence-corrected chi connectivity index (χ4v) is 4.13. The summed E-state index contributed by atoms with van der Waals surface area (Å²) in [5, 5.41) is 15.0. The average Bonchev–Trinajstić information content (AvgIpc) is 3.44. The SMILES string of the molecule is Cc1nc2ccccc2n1CC(=O)N1CCCn2nc([C@H](O)C3CC3)cc2C1. The quantitative estimate of drug-likeness (QED) is 0.755. The number of aliphatic hydroxyl groups is 1. The standard InChI is InChI=1S/C21H25N5O2/c1-14-22-17-5-2-3-6-19(17)25(14)13-20(27)24-9-4-10-26-16(12-24)11-18(23-26)21(28)15-7-8-15/h2-3,5-6,11,15,21,28H,4,7-10,12-13H2,1H3/t21-/m1/s1. The maximum absolute atomic E-state index is 13.1. The molecule has 1 amide bonds. The summed E-state index contributed by atoms with van der Waals surface area (Å²) in [6.45, 7) is 4.27. The van der Waals surface area contributed by atoms with E-state index < -0.39 is 6.10 Å². The van der Waals surface area contributed by atoms with E-state index in [1.165, 1.54) is 0 Å². The molecule has 2 aliphatic rings. The first-order chi connectivity index (χ1) is 13.6. The molecule has 7 heteroatoms. The lowest BCUT2D eigenvalue weighted by Crippen LogP contribution is -2.33. The second kappa shape index (κ2) is 6.74. The number of fused-ring (bicyclic) bond motifs is 2. The third-order valence-corrected chi connectivity index (χ3v) is 5.90. The highest BCUT2D eigenvalue weighted by molar-refractivity contribution is 5.81. The van der Waals surface area contributed by atoms with Crippen LogP contribution in [0.2, 0.25) is 0 Å². The number of aryl methyl sites for hydroxylation is 2. The Kier molecular flexibility index (Phi) is 4.19. The molecule has 7 nitrogen and oxygen atoms in total. The van der Waals surface area contributed by atoms with Crippen molar-refractivity contribution in [3.05, 3.63) is 47.5 Å². The van der Waals surface area contributed by atoms with Crippen molar-refractivity contribution in [3.63, 3.8) is 0 Å². The number of aliphatic hydroxyl groups excluding tert-OH is 1. The molecule has 1 aliphatic carbocycles. The number of carbonyl (C=O) groups is 1. The van der Waals surface area contributed by atoms with Crippen molar-refractivity contribution in [1.82, 2.24) is 24.2 Å². The van der Waals surface area contributed by atoms with Gasteiger partial charge in [0.05, 0.1) is 29.0 Å². The smallest absolute Gasteiger partial charge is 0.242 e. The molecule has 0 bridgehead atoms. The Labute approximate surface area is 163 Å².